The monoisotopic (exact) mass is 267 g/mol. The van der Waals surface area contributed by atoms with Gasteiger partial charge in [0.05, 0.1) is 16.9 Å². The quantitative estimate of drug-likeness (QED) is 0.898. The number of aromatic amines is 1. The number of aryl methyl sites for hydroxylation is 2. The number of nitrogens with zero attached hydrogens (tertiary/aromatic N) is 2. The van der Waals surface area contributed by atoms with Crippen LogP contribution in [0.25, 0.3) is 11.3 Å². The number of carbonyl (C=O) groups is 1. The summed E-state index contributed by atoms with van der Waals surface area (Å²) in [4.78, 5) is 14.1. The van der Waals surface area contributed by atoms with E-state index in [0.717, 1.165) is 17.0 Å². The van der Waals surface area contributed by atoms with E-state index in [9.17, 15) is 4.79 Å². The average molecular weight is 268 g/mol. The van der Waals surface area contributed by atoms with Crippen LogP contribution in [0.3, 0.4) is 0 Å². The lowest BCUT2D eigenvalue weighted by molar-refractivity contribution is 0.0690. The Balaban J connectivity index is 2.74. The molecule has 0 unspecified atom stereocenters. The minimum absolute atomic E-state index is 0.208. The van der Waals surface area contributed by atoms with Crippen molar-refractivity contribution in [3.63, 3.8) is 0 Å². The zero-order chi connectivity index (χ0) is 13.4. The lowest BCUT2D eigenvalue weighted by Crippen LogP contribution is -1.99. The maximum atomic E-state index is 11.2. The number of halogens is 1. The summed E-state index contributed by atoms with van der Waals surface area (Å²) in [7, 11) is 1.79. The summed E-state index contributed by atoms with van der Waals surface area (Å²) in [5, 5.41) is 13.8. The number of carboxylic acid groups (broad SMARTS) is 1. The van der Waals surface area contributed by atoms with E-state index >= 15 is 0 Å². The first-order valence-corrected chi connectivity index (χ1v) is 5.97. The molecule has 2 aromatic heterocycles. The summed E-state index contributed by atoms with van der Waals surface area (Å²) < 4.78 is 1.66. The third kappa shape index (κ3) is 1.80. The van der Waals surface area contributed by atoms with Crippen LogP contribution in [0.4, 0.5) is 0 Å². The fourth-order valence-electron chi connectivity index (χ4n) is 2.15. The molecule has 96 valence electrons. The normalized spacial score (nSPS) is 10.9. The number of aromatic nitrogens is 3. The molecule has 2 aromatic rings. The number of aromatic carboxylic acids is 1. The predicted octanol–water partition coefficient (Wildman–Crippen LogP) is 2.64. The van der Waals surface area contributed by atoms with Crippen LogP contribution in [-0.4, -0.2) is 25.8 Å². The van der Waals surface area contributed by atoms with Gasteiger partial charge in [-0.15, -0.1) is 0 Å². The summed E-state index contributed by atoms with van der Waals surface area (Å²) in [6.45, 7) is 3.74. The fraction of sp³-hybridized carbons (Fsp3) is 0.333. The van der Waals surface area contributed by atoms with Gasteiger partial charge < -0.3 is 10.1 Å². The number of hydrogen-bond acceptors (Lipinski definition) is 2. The van der Waals surface area contributed by atoms with Crippen LogP contribution in [0.5, 0.6) is 0 Å². The van der Waals surface area contributed by atoms with Crippen molar-refractivity contribution >= 4 is 17.6 Å². The fourth-order valence-corrected chi connectivity index (χ4v) is 2.41. The zero-order valence-corrected chi connectivity index (χ0v) is 11.2. The van der Waals surface area contributed by atoms with Gasteiger partial charge in [-0.05, 0) is 18.9 Å². The second kappa shape index (κ2) is 4.49. The molecule has 0 bridgehead atoms. The maximum Gasteiger partial charge on any atom is 0.352 e. The molecular weight excluding hydrogens is 254 g/mol. The molecule has 0 atom stereocenters. The first kappa shape index (κ1) is 12.7. The van der Waals surface area contributed by atoms with Crippen molar-refractivity contribution in [2.75, 3.05) is 0 Å². The van der Waals surface area contributed by atoms with Gasteiger partial charge in [-0.1, -0.05) is 18.5 Å². The first-order chi connectivity index (χ1) is 8.47. The molecule has 0 fully saturated rings. The summed E-state index contributed by atoms with van der Waals surface area (Å²) in [6, 6.07) is 0. The van der Waals surface area contributed by atoms with Crippen LogP contribution in [0.1, 0.15) is 28.7 Å². The van der Waals surface area contributed by atoms with Crippen molar-refractivity contribution in [2.24, 2.45) is 7.05 Å². The van der Waals surface area contributed by atoms with Gasteiger partial charge >= 0.3 is 5.97 Å². The molecule has 0 saturated heterocycles. The summed E-state index contributed by atoms with van der Waals surface area (Å²) >= 11 is 6.12. The Labute approximate surface area is 109 Å². The second-order valence-corrected chi connectivity index (χ2v) is 4.51. The number of H-pyrrole nitrogens is 1. The number of nitrogens with one attached hydrogen (secondary N) is 1. The highest BCUT2D eigenvalue weighted by molar-refractivity contribution is 6.33. The van der Waals surface area contributed by atoms with Gasteiger partial charge in [0, 0.05) is 18.3 Å². The zero-order valence-electron chi connectivity index (χ0n) is 10.4. The van der Waals surface area contributed by atoms with E-state index in [0.29, 0.717) is 17.0 Å². The minimum Gasteiger partial charge on any atom is -0.477 e. The van der Waals surface area contributed by atoms with Gasteiger partial charge in [-0.25, -0.2) is 4.79 Å². The maximum absolute atomic E-state index is 11.2. The van der Waals surface area contributed by atoms with Gasteiger partial charge in [-0.2, -0.15) is 5.10 Å². The van der Waals surface area contributed by atoms with Crippen LogP contribution in [0.15, 0.2) is 6.20 Å². The van der Waals surface area contributed by atoms with E-state index in [1.54, 1.807) is 24.9 Å². The van der Waals surface area contributed by atoms with Crippen molar-refractivity contribution in [3.8, 4) is 11.3 Å². The Morgan fingerprint density at radius 3 is 2.72 bits per heavy atom. The molecule has 0 aliphatic heterocycles. The molecule has 5 nitrogen and oxygen atoms in total. The standard InChI is InChI=1S/C12H14ClN3O2/c1-4-8-9(6(2)10(15-8)12(17)18)11-7(13)5-14-16(11)3/h5,15H,4H2,1-3H3,(H,17,18). The molecule has 0 aromatic carbocycles. The molecular formula is C12H14ClN3O2. The van der Waals surface area contributed by atoms with Crippen molar-refractivity contribution in [1.29, 1.82) is 0 Å². The second-order valence-electron chi connectivity index (χ2n) is 4.10. The molecule has 18 heavy (non-hydrogen) atoms. The molecule has 0 amide bonds. The van der Waals surface area contributed by atoms with Crippen molar-refractivity contribution in [2.45, 2.75) is 20.3 Å². The van der Waals surface area contributed by atoms with Crippen molar-refractivity contribution in [3.05, 3.63) is 28.2 Å². The summed E-state index contributed by atoms with van der Waals surface area (Å²) in [6.07, 6.45) is 2.26. The molecule has 2 heterocycles. The Morgan fingerprint density at radius 1 is 1.61 bits per heavy atom. The largest absolute Gasteiger partial charge is 0.477 e. The Hall–Kier alpha value is -1.75. The van der Waals surface area contributed by atoms with Gasteiger partial charge in [-0.3, -0.25) is 4.68 Å². The topological polar surface area (TPSA) is 70.9 Å². The van der Waals surface area contributed by atoms with Crippen molar-refractivity contribution < 1.29 is 9.90 Å². The molecule has 0 spiro atoms. The van der Waals surface area contributed by atoms with Gasteiger partial charge in [0.2, 0.25) is 0 Å². The van der Waals surface area contributed by atoms with Crippen molar-refractivity contribution in [1.82, 2.24) is 14.8 Å². The van der Waals surface area contributed by atoms with E-state index in [2.05, 4.69) is 10.1 Å². The number of rotatable bonds is 3. The highest BCUT2D eigenvalue weighted by Crippen LogP contribution is 2.34. The predicted molar refractivity (Wildman–Crippen MR) is 69.1 cm³/mol. The van der Waals surface area contributed by atoms with E-state index in [1.165, 1.54) is 0 Å². The highest BCUT2D eigenvalue weighted by atomic mass is 35.5. The first-order valence-electron chi connectivity index (χ1n) is 5.60. The highest BCUT2D eigenvalue weighted by Gasteiger charge is 2.22. The van der Waals surface area contributed by atoms with Gasteiger partial charge in [0.1, 0.15) is 5.69 Å². The van der Waals surface area contributed by atoms with Crippen LogP contribution < -0.4 is 0 Å². The van der Waals surface area contributed by atoms with E-state index < -0.39 is 5.97 Å². The van der Waals surface area contributed by atoms with Crippen LogP contribution in [0.2, 0.25) is 5.02 Å². The molecule has 2 N–H and O–H groups in total. The Morgan fingerprint density at radius 2 is 2.28 bits per heavy atom. The molecule has 0 aliphatic carbocycles. The van der Waals surface area contributed by atoms with Crippen LogP contribution in [-0.2, 0) is 13.5 Å². The number of hydrogen-bond donors (Lipinski definition) is 2. The lowest BCUT2D eigenvalue weighted by Gasteiger charge is -2.05. The van der Waals surface area contributed by atoms with E-state index in [4.69, 9.17) is 16.7 Å². The summed E-state index contributed by atoms with van der Waals surface area (Å²) in [5.74, 6) is -0.966. The Bertz CT molecular complexity index is 594. The smallest absolute Gasteiger partial charge is 0.352 e. The van der Waals surface area contributed by atoms with Gasteiger partial charge in [0.15, 0.2) is 0 Å². The molecule has 2 rings (SSSR count). The third-order valence-corrected chi connectivity index (χ3v) is 3.30. The molecule has 6 heteroatoms. The molecule has 0 aliphatic rings. The van der Waals surface area contributed by atoms with Crippen LogP contribution >= 0.6 is 11.6 Å². The molecule has 0 saturated carbocycles. The number of carboxylic acids is 1. The lowest BCUT2D eigenvalue weighted by atomic mass is 10.1. The van der Waals surface area contributed by atoms with Gasteiger partial charge in [0.25, 0.3) is 0 Å². The third-order valence-electron chi connectivity index (χ3n) is 3.03. The SMILES string of the molecule is CCc1[nH]c(C(=O)O)c(C)c1-c1c(Cl)cnn1C. The van der Waals surface area contributed by atoms with E-state index in [1.807, 2.05) is 6.92 Å². The molecule has 0 radical (unpaired) electrons. The summed E-state index contributed by atoms with van der Waals surface area (Å²) in [5.41, 5.74) is 3.33. The van der Waals surface area contributed by atoms with Crippen LogP contribution in [0, 0.1) is 6.92 Å². The minimum atomic E-state index is -0.966. The average Bonchev–Trinajstić information content (AvgIpc) is 2.80. The van der Waals surface area contributed by atoms with E-state index in [-0.39, 0.29) is 5.69 Å². The Kier molecular flexibility index (Phi) is 3.17.